The molecule has 0 amide bonds. The van der Waals surface area contributed by atoms with E-state index in [2.05, 4.69) is 67.0 Å². The van der Waals surface area contributed by atoms with Crippen LogP contribution in [0.3, 0.4) is 0 Å². The van der Waals surface area contributed by atoms with Crippen LogP contribution in [0.15, 0.2) is 54.6 Å². The Kier molecular flexibility index (Phi) is 3.16. The second kappa shape index (κ2) is 4.95. The van der Waals surface area contributed by atoms with Crippen LogP contribution in [0.2, 0.25) is 0 Å². The third kappa shape index (κ3) is 2.06. The summed E-state index contributed by atoms with van der Waals surface area (Å²) in [7, 11) is 2.06. The van der Waals surface area contributed by atoms with Gasteiger partial charge in [-0.2, -0.15) is 0 Å². The average molecular weight is 237 g/mol. The van der Waals surface area contributed by atoms with E-state index in [9.17, 15) is 0 Å². The quantitative estimate of drug-likeness (QED) is 0.840. The molecule has 2 atom stereocenters. The van der Waals surface area contributed by atoms with E-state index in [1.54, 1.807) is 0 Å². The fraction of sp³-hybridized carbons (Fsp3) is 0.294. The number of hydrogen-bond donors (Lipinski definition) is 1. The highest BCUT2D eigenvalue weighted by molar-refractivity contribution is 5.36. The Labute approximate surface area is 109 Å². The van der Waals surface area contributed by atoms with Crippen molar-refractivity contribution in [1.82, 2.24) is 5.32 Å². The van der Waals surface area contributed by atoms with Gasteiger partial charge in [0.1, 0.15) is 0 Å². The Hall–Kier alpha value is -1.60. The van der Waals surface area contributed by atoms with Crippen molar-refractivity contribution in [3.05, 3.63) is 71.3 Å². The van der Waals surface area contributed by atoms with Gasteiger partial charge in [-0.3, -0.25) is 0 Å². The zero-order valence-corrected chi connectivity index (χ0v) is 10.8. The molecule has 92 valence electrons. The Morgan fingerprint density at radius 3 is 2.44 bits per heavy atom. The summed E-state index contributed by atoms with van der Waals surface area (Å²) >= 11 is 0. The van der Waals surface area contributed by atoms with Gasteiger partial charge in [-0.05, 0) is 42.5 Å². The average Bonchev–Trinajstić information content (AvgIpc) is 2.47. The molecule has 0 fully saturated rings. The lowest BCUT2D eigenvalue weighted by atomic mass is 9.77. The van der Waals surface area contributed by atoms with E-state index in [1.807, 2.05) is 0 Å². The molecule has 3 rings (SSSR count). The van der Waals surface area contributed by atoms with Crippen molar-refractivity contribution in [2.24, 2.45) is 0 Å². The van der Waals surface area contributed by atoms with Gasteiger partial charge in [0, 0.05) is 6.04 Å². The van der Waals surface area contributed by atoms with Crippen LogP contribution >= 0.6 is 0 Å². The van der Waals surface area contributed by atoms with Crippen LogP contribution in [-0.2, 0) is 6.42 Å². The number of benzene rings is 2. The van der Waals surface area contributed by atoms with E-state index in [-0.39, 0.29) is 0 Å². The minimum Gasteiger partial charge on any atom is -0.313 e. The molecule has 0 aromatic heterocycles. The zero-order chi connectivity index (χ0) is 12.4. The first kappa shape index (κ1) is 11.5. The van der Waals surface area contributed by atoms with E-state index in [4.69, 9.17) is 0 Å². The molecular formula is C17H19N. The summed E-state index contributed by atoms with van der Waals surface area (Å²) in [5.74, 6) is 0.638. The van der Waals surface area contributed by atoms with Gasteiger partial charge in [0.15, 0.2) is 0 Å². The van der Waals surface area contributed by atoms with Gasteiger partial charge in [0.25, 0.3) is 0 Å². The van der Waals surface area contributed by atoms with E-state index in [1.165, 1.54) is 29.5 Å². The molecule has 1 N–H and O–H groups in total. The lowest BCUT2D eigenvalue weighted by molar-refractivity contribution is 0.449. The largest absolute Gasteiger partial charge is 0.313 e. The molecule has 0 heterocycles. The number of hydrogen-bond acceptors (Lipinski definition) is 1. The standard InChI is InChI=1S/C17H19N/c1-18-17-12-15(13-7-3-2-4-8-13)11-14-9-5-6-10-16(14)17/h2-10,15,17-18H,11-12H2,1H3/t15-,17-/m0/s1. The second-order valence-corrected chi connectivity index (χ2v) is 5.09. The first-order chi connectivity index (χ1) is 8.88. The van der Waals surface area contributed by atoms with Crippen LogP contribution in [-0.4, -0.2) is 7.05 Å². The highest BCUT2D eigenvalue weighted by Crippen LogP contribution is 2.38. The molecule has 0 unspecified atom stereocenters. The predicted molar refractivity (Wildman–Crippen MR) is 75.7 cm³/mol. The monoisotopic (exact) mass is 237 g/mol. The predicted octanol–water partition coefficient (Wildman–Crippen LogP) is 3.68. The minimum absolute atomic E-state index is 0.486. The molecule has 18 heavy (non-hydrogen) atoms. The minimum atomic E-state index is 0.486. The van der Waals surface area contributed by atoms with E-state index in [0.29, 0.717) is 12.0 Å². The second-order valence-electron chi connectivity index (χ2n) is 5.09. The molecular weight excluding hydrogens is 218 g/mol. The van der Waals surface area contributed by atoms with Gasteiger partial charge >= 0.3 is 0 Å². The maximum atomic E-state index is 3.46. The fourth-order valence-electron chi connectivity index (χ4n) is 3.07. The van der Waals surface area contributed by atoms with Gasteiger partial charge in [-0.15, -0.1) is 0 Å². The van der Waals surface area contributed by atoms with Crippen molar-refractivity contribution < 1.29 is 0 Å². The summed E-state index contributed by atoms with van der Waals surface area (Å²) in [6.07, 6.45) is 2.36. The molecule has 0 bridgehead atoms. The molecule has 2 aromatic rings. The Balaban J connectivity index is 1.95. The summed E-state index contributed by atoms with van der Waals surface area (Å²) in [4.78, 5) is 0. The first-order valence-electron chi connectivity index (χ1n) is 6.68. The molecule has 0 radical (unpaired) electrons. The number of nitrogens with one attached hydrogen (secondary N) is 1. The molecule has 1 nitrogen and oxygen atoms in total. The zero-order valence-electron chi connectivity index (χ0n) is 10.8. The third-order valence-electron chi connectivity index (χ3n) is 4.04. The first-order valence-corrected chi connectivity index (χ1v) is 6.68. The van der Waals surface area contributed by atoms with Crippen molar-refractivity contribution >= 4 is 0 Å². The molecule has 0 aliphatic heterocycles. The Bertz CT molecular complexity index is 518. The maximum absolute atomic E-state index is 3.46. The van der Waals surface area contributed by atoms with Gasteiger partial charge in [0.05, 0.1) is 0 Å². The van der Waals surface area contributed by atoms with Crippen molar-refractivity contribution in [3.8, 4) is 0 Å². The summed E-state index contributed by atoms with van der Waals surface area (Å²) in [5, 5.41) is 3.46. The van der Waals surface area contributed by atoms with Gasteiger partial charge in [-0.1, -0.05) is 54.6 Å². The summed E-state index contributed by atoms with van der Waals surface area (Å²) < 4.78 is 0. The molecule has 1 aliphatic carbocycles. The topological polar surface area (TPSA) is 12.0 Å². The molecule has 1 aliphatic rings. The molecule has 2 aromatic carbocycles. The molecule has 0 saturated carbocycles. The van der Waals surface area contributed by atoms with E-state index < -0.39 is 0 Å². The van der Waals surface area contributed by atoms with Gasteiger partial charge in [0.2, 0.25) is 0 Å². The van der Waals surface area contributed by atoms with Crippen LogP contribution in [0.25, 0.3) is 0 Å². The lowest BCUT2D eigenvalue weighted by Crippen LogP contribution is -2.25. The highest BCUT2D eigenvalue weighted by Gasteiger charge is 2.26. The number of fused-ring (bicyclic) bond motifs is 1. The fourth-order valence-corrected chi connectivity index (χ4v) is 3.07. The van der Waals surface area contributed by atoms with Gasteiger partial charge in [-0.25, -0.2) is 0 Å². The molecule has 0 saturated heterocycles. The van der Waals surface area contributed by atoms with Crippen LogP contribution in [0.5, 0.6) is 0 Å². The lowest BCUT2D eigenvalue weighted by Gasteiger charge is -2.31. The van der Waals surface area contributed by atoms with E-state index >= 15 is 0 Å². The SMILES string of the molecule is CN[C@H]1C[C@@H](c2ccccc2)Cc2ccccc21. The smallest absolute Gasteiger partial charge is 0.0326 e. The normalized spacial score (nSPS) is 22.5. The summed E-state index contributed by atoms with van der Waals surface area (Å²) in [6.45, 7) is 0. The van der Waals surface area contributed by atoms with E-state index in [0.717, 1.165) is 0 Å². The maximum Gasteiger partial charge on any atom is 0.0326 e. The van der Waals surface area contributed by atoms with Crippen molar-refractivity contribution in [3.63, 3.8) is 0 Å². The highest BCUT2D eigenvalue weighted by atomic mass is 14.9. The van der Waals surface area contributed by atoms with Crippen LogP contribution < -0.4 is 5.32 Å². The summed E-state index contributed by atoms with van der Waals surface area (Å²) in [6, 6.07) is 20.2. The Morgan fingerprint density at radius 1 is 0.944 bits per heavy atom. The summed E-state index contributed by atoms with van der Waals surface area (Å²) in [5.41, 5.74) is 4.44. The molecule has 0 spiro atoms. The van der Waals surface area contributed by atoms with Crippen molar-refractivity contribution in [2.45, 2.75) is 24.8 Å². The van der Waals surface area contributed by atoms with Crippen LogP contribution in [0.4, 0.5) is 0 Å². The van der Waals surface area contributed by atoms with Gasteiger partial charge < -0.3 is 5.32 Å². The van der Waals surface area contributed by atoms with Crippen molar-refractivity contribution in [1.29, 1.82) is 0 Å². The molecule has 1 heteroatoms. The number of rotatable bonds is 2. The van der Waals surface area contributed by atoms with Crippen LogP contribution in [0.1, 0.15) is 35.1 Å². The third-order valence-corrected chi connectivity index (χ3v) is 4.04. The van der Waals surface area contributed by atoms with Crippen molar-refractivity contribution in [2.75, 3.05) is 7.05 Å². The Morgan fingerprint density at radius 2 is 1.67 bits per heavy atom. The van der Waals surface area contributed by atoms with Crippen LogP contribution in [0, 0.1) is 0 Å².